The van der Waals surface area contributed by atoms with Crippen LogP contribution in [0.4, 0.5) is 5.69 Å². The molecule has 0 saturated carbocycles. The number of carbonyl (C=O) groups excluding carboxylic acids is 2. The monoisotopic (exact) mass is 505 g/mol. The van der Waals surface area contributed by atoms with E-state index in [4.69, 9.17) is 9.47 Å². The zero-order valence-corrected chi connectivity index (χ0v) is 21.6. The van der Waals surface area contributed by atoms with Crippen LogP contribution in [0.25, 0.3) is 6.08 Å². The molecule has 1 aliphatic heterocycles. The Morgan fingerprint density at radius 3 is 2.36 bits per heavy atom. The maximum atomic E-state index is 13.7. The highest BCUT2D eigenvalue weighted by Crippen LogP contribution is 2.31. The Bertz CT molecular complexity index is 1510. The molecule has 0 amide bonds. The maximum absolute atomic E-state index is 13.7. The Morgan fingerprint density at radius 2 is 1.78 bits per heavy atom. The SMILES string of the molecule is CCOC(=O)C1=C(C)N=c2sc(=Cc3ccc(N(C)C)cc3)c(=O)n2C1c1ccc(OC(C)=O)cc1. The number of esters is 2. The van der Waals surface area contributed by atoms with Crippen LogP contribution in [-0.4, -0.2) is 37.2 Å². The molecule has 0 radical (unpaired) electrons. The molecule has 0 fully saturated rings. The van der Waals surface area contributed by atoms with E-state index in [1.54, 1.807) is 38.1 Å². The van der Waals surface area contributed by atoms with Crippen molar-refractivity contribution in [2.75, 3.05) is 25.6 Å². The van der Waals surface area contributed by atoms with Crippen LogP contribution in [0.3, 0.4) is 0 Å². The van der Waals surface area contributed by atoms with Gasteiger partial charge in [-0.25, -0.2) is 9.79 Å². The number of allylic oxidation sites excluding steroid dienone is 1. The quantitative estimate of drug-likeness (QED) is 0.378. The maximum Gasteiger partial charge on any atom is 0.338 e. The van der Waals surface area contributed by atoms with Crippen molar-refractivity contribution in [2.24, 2.45) is 4.99 Å². The first-order valence-corrected chi connectivity index (χ1v) is 12.3. The number of carbonyl (C=O) groups is 2. The van der Waals surface area contributed by atoms with Crippen molar-refractivity contribution in [1.82, 2.24) is 4.57 Å². The summed E-state index contributed by atoms with van der Waals surface area (Å²) in [5, 5.41) is 0. The number of benzene rings is 2. The summed E-state index contributed by atoms with van der Waals surface area (Å²) in [6.07, 6.45) is 1.83. The third-order valence-corrected chi connectivity index (χ3v) is 6.66. The molecule has 2 aromatic carbocycles. The van der Waals surface area contributed by atoms with Gasteiger partial charge in [0.25, 0.3) is 5.56 Å². The number of ether oxygens (including phenoxy) is 2. The van der Waals surface area contributed by atoms with Crippen LogP contribution >= 0.6 is 11.3 Å². The normalized spacial score (nSPS) is 15.2. The first-order valence-electron chi connectivity index (χ1n) is 11.4. The Kier molecular flexibility index (Phi) is 7.21. The van der Waals surface area contributed by atoms with E-state index >= 15 is 0 Å². The third-order valence-electron chi connectivity index (χ3n) is 5.68. The predicted octanol–water partition coefficient (Wildman–Crippen LogP) is 2.79. The first-order chi connectivity index (χ1) is 17.2. The van der Waals surface area contributed by atoms with Gasteiger partial charge in [0.15, 0.2) is 4.80 Å². The molecule has 186 valence electrons. The molecular weight excluding hydrogens is 478 g/mol. The lowest BCUT2D eigenvalue weighted by atomic mass is 9.96. The van der Waals surface area contributed by atoms with E-state index in [9.17, 15) is 14.4 Å². The van der Waals surface area contributed by atoms with Crippen molar-refractivity contribution < 1.29 is 19.1 Å². The minimum Gasteiger partial charge on any atom is -0.463 e. The molecule has 2 heterocycles. The summed E-state index contributed by atoms with van der Waals surface area (Å²) >= 11 is 1.27. The van der Waals surface area contributed by atoms with Gasteiger partial charge in [-0.3, -0.25) is 14.2 Å². The van der Waals surface area contributed by atoms with Gasteiger partial charge in [0.1, 0.15) is 5.75 Å². The third kappa shape index (κ3) is 5.01. The predicted molar refractivity (Wildman–Crippen MR) is 139 cm³/mol. The van der Waals surface area contributed by atoms with Gasteiger partial charge in [0.05, 0.1) is 28.5 Å². The molecule has 36 heavy (non-hydrogen) atoms. The second-order valence-corrected chi connectivity index (χ2v) is 9.46. The molecule has 4 rings (SSSR count). The molecule has 0 bridgehead atoms. The minimum atomic E-state index is -0.732. The average molecular weight is 506 g/mol. The Morgan fingerprint density at radius 1 is 1.11 bits per heavy atom. The fourth-order valence-corrected chi connectivity index (χ4v) is 5.06. The number of thiazole rings is 1. The van der Waals surface area contributed by atoms with Crippen LogP contribution in [0, 0.1) is 0 Å². The van der Waals surface area contributed by atoms with Gasteiger partial charge in [-0.2, -0.15) is 0 Å². The van der Waals surface area contributed by atoms with Gasteiger partial charge in [0, 0.05) is 26.7 Å². The summed E-state index contributed by atoms with van der Waals surface area (Å²) in [5.74, 6) is -0.586. The Balaban J connectivity index is 1.86. The molecule has 1 aromatic heterocycles. The topological polar surface area (TPSA) is 90.2 Å². The number of anilines is 1. The molecule has 1 unspecified atom stereocenters. The summed E-state index contributed by atoms with van der Waals surface area (Å²) in [6, 6.07) is 13.9. The fraction of sp³-hybridized carbons (Fsp3) is 0.259. The smallest absolute Gasteiger partial charge is 0.338 e. The van der Waals surface area contributed by atoms with Crippen molar-refractivity contribution in [2.45, 2.75) is 26.8 Å². The first kappa shape index (κ1) is 25.1. The molecule has 9 heteroatoms. The number of fused-ring (bicyclic) bond motifs is 1. The zero-order valence-electron chi connectivity index (χ0n) is 20.8. The van der Waals surface area contributed by atoms with E-state index in [-0.39, 0.29) is 12.2 Å². The van der Waals surface area contributed by atoms with E-state index in [0.29, 0.717) is 31.9 Å². The summed E-state index contributed by atoms with van der Waals surface area (Å²) in [4.78, 5) is 45.0. The summed E-state index contributed by atoms with van der Waals surface area (Å²) < 4.78 is 12.5. The second kappa shape index (κ2) is 10.3. The van der Waals surface area contributed by atoms with Crippen molar-refractivity contribution in [3.63, 3.8) is 0 Å². The van der Waals surface area contributed by atoms with Crippen LogP contribution in [0.1, 0.15) is 37.9 Å². The second-order valence-electron chi connectivity index (χ2n) is 8.45. The van der Waals surface area contributed by atoms with E-state index in [1.165, 1.54) is 22.8 Å². The minimum absolute atomic E-state index is 0.196. The summed E-state index contributed by atoms with van der Waals surface area (Å²) in [5.41, 5.74) is 3.15. The van der Waals surface area contributed by atoms with Crippen molar-refractivity contribution >= 4 is 35.0 Å². The highest BCUT2D eigenvalue weighted by molar-refractivity contribution is 7.07. The van der Waals surface area contributed by atoms with Gasteiger partial charge in [-0.15, -0.1) is 0 Å². The van der Waals surface area contributed by atoms with Crippen LogP contribution < -0.4 is 24.5 Å². The molecule has 3 aromatic rings. The van der Waals surface area contributed by atoms with E-state index in [1.807, 2.05) is 49.3 Å². The van der Waals surface area contributed by atoms with Crippen LogP contribution in [0.5, 0.6) is 5.75 Å². The van der Waals surface area contributed by atoms with Gasteiger partial charge < -0.3 is 14.4 Å². The Labute approximate surface area is 212 Å². The van der Waals surface area contributed by atoms with Crippen LogP contribution in [-0.2, 0) is 14.3 Å². The number of aromatic nitrogens is 1. The van der Waals surface area contributed by atoms with Gasteiger partial charge in [-0.05, 0) is 55.3 Å². The fourth-order valence-electron chi connectivity index (χ4n) is 4.01. The molecule has 1 atom stereocenters. The number of hydrogen-bond donors (Lipinski definition) is 0. The lowest BCUT2D eigenvalue weighted by Gasteiger charge is -2.24. The van der Waals surface area contributed by atoms with Crippen LogP contribution in [0.15, 0.2) is 69.6 Å². The number of rotatable bonds is 6. The van der Waals surface area contributed by atoms with Crippen LogP contribution in [0.2, 0.25) is 0 Å². The van der Waals surface area contributed by atoms with Gasteiger partial charge in [-0.1, -0.05) is 35.6 Å². The lowest BCUT2D eigenvalue weighted by molar-refractivity contribution is -0.139. The summed E-state index contributed by atoms with van der Waals surface area (Å²) in [7, 11) is 3.94. The summed E-state index contributed by atoms with van der Waals surface area (Å²) in [6.45, 7) is 4.99. The molecule has 0 spiro atoms. The highest BCUT2D eigenvalue weighted by atomic mass is 32.1. The molecule has 0 saturated heterocycles. The van der Waals surface area contributed by atoms with E-state index < -0.39 is 18.0 Å². The standard InChI is InChI=1S/C27H27N3O5S/c1-6-34-26(33)23-16(2)28-27-30(24(23)19-9-13-21(14-10-19)35-17(3)31)25(32)22(36-27)15-18-7-11-20(12-8-18)29(4)5/h7-15,24H,6H2,1-5H3. The van der Waals surface area contributed by atoms with Crippen molar-refractivity contribution in [1.29, 1.82) is 0 Å². The lowest BCUT2D eigenvalue weighted by Crippen LogP contribution is -2.39. The highest BCUT2D eigenvalue weighted by Gasteiger charge is 2.33. The molecular formula is C27H27N3O5S. The Hall–Kier alpha value is -3.98. The number of hydrogen-bond acceptors (Lipinski definition) is 8. The van der Waals surface area contributed by atoms with Crippen molar-refractivity contribution in [3.8, 4) is 5.75 Å². The largest absolute Gasteiger partial charge is 0.463 e. The number of nitrogens with zero attached hydrogens (tertiary/aromatic N) is 3. The van der Waals surface area contributed by atoms with Gasteiger partial charge in [0.2, 0.25) is 0 Å². The average Bonchev–Trinajstić information content (AvgIpc) is 3.13. The van der Waals surface area contributed by atoms with E-state index in [0.717, 1.165) is 11.3 Å². The van der Waals surface area contributed by atoms with Crippen molar-refractivity contribution in [3.05, 3.63) is 90.6 Å². The molecule has 8 nitrogen and oxygen atoms in total. The van der Waals surface area contributed by atoms with E-state index in [2.05, 4.69) is 4.99 Å². The molecule has 1 aliphatic rings. The molecule has 0 aliphatic carbocycles. The molecule has 0 N–H and O–H groups in total. The zero-order chi connectivity index (χ0) is 26.0. The van der Waals surface area contributed by atoms with Gasteiger partial charge >= 0.3 is 11.9 Å².